The molecule has 1 rings (SSSR count). The standard InChI is InChI=1S/C7H14N2O2.ClH/c1-11-5-4-9-7(10)6-2-3-8-6;/h6,8H,2-5H2,1H3,(H,9,10);1H/t6-;/m1./s1. The molecule has 1 atom stereocenters. The van der Waals surface area contributed by atoms with Gasteiger partial charge in [0, 0.05) is 13.7 Å². The molecule has 0 unspecified atom stereocenters. The Hall–Kier alpha value is -0.320. The predicted molar refractivity (Wildman–Crippen MR) is 48.5 cm³/mol. The first-order chi connectivity index (χ1) is 5.34. The van der Waals surface area contributed by atoms with E-state index in [-0.39, 0.29) is 24.4 Å². The van der Waals surface area contributed by atoms with E-state index in [1.165, 1.54) is 0 Å². The lowest BCUT2D eigenvalue weighted by Crippen LogP contribution is -2.53. The van der Waals surface area contributed by atoms with Crippen LogP contribution in [-0.4, -0.2) is 38.8 Å². The van der Waals surface area contributed by atoms with Crippen molar-refractivity contribution in [3.05, 3.63) is 0 Å². The highest BCUT2D eigenvalue weighted by molar-refractivity contribution is 5.85. The topological polar surface area (TPSA) is 50.4 Å². The molecule has 1 amide bonds. The molecular formula is C7H15ClN2O2. The number of amides is 1. The Morgan fingerprint density at radius 1 is 1.75 bits per heavy atom. The van der Waals surface area contributed by atoms with E-state index in [1.807, 2.05) is 0 Å². The molecule has 0 bridgehead atoms. The molecule has 2 N–H and O–H groups in total. The minimum atomic E-state index is 0. The van der Waals surface area contributed by atoms with Gasteiger partial charge in [-0.05, 0) is 13.0 Å². The number of hydrogen-bond acceptors (Lipinski definition) is 3. The van der Waals surface area contributed by atoms with Crippen LogP contribution in [-0.2, 0) is 9.53 Å². The van der Waals surface area contributed by atoms with Gasteiger partial charge in [-0.15, -0.1) is 12.4 Å². The Bertz CT molecular complexity index is 139. The fourth-order valence-electron chi connectivity index (χ4n) is 0.912. The van der Waals surface area contributed by atoms with Crippen molar-refractivity contribution in [2.24, 2.45) is 0 Å². The fourth-order valence-corrected chi connectivity index (χ4v) is 0.912. The van der Waals surface area contributed by atoms with Crippen LogP contribution in [0.5, 0.6) is 0 Å². The molecule has 12 heavy (non-hydrogen) atoms. The number of ether oxygens (including phenoxy) is 1. The van der Waals surface area contributed by atoms with Gasteiger partial charge >= 0.3 is 0 Å². The Morgan fingerprint density at radius 2 is 2.42 bits per heavy atom. The second kappa shape index (κ2) is 6.22. The fraction of sp³-hybridized carbons (Fsp3) is 0.857. The Kier molecular flexibility index (Phi) is 6.06. The molecule has 0 aromatic carbocycles. The minimum Gasteiger partial charge on any atom is -0.383 e. The highest BCUT2D eigenvalue weighted by atomic mass is 35.5. The van der Waals surface area contributed by atoms with Crippen LogP contribution < -0.4 is 10.6 Å². The van der Waals surface area contributed by atoms with Gasteiger partial charge in [-0.3, -0.25) is 4.79 Å². The Labute approximate surface area is 78.5 Å². The monoisotopic (exact) mass is 194 g/mol. The van der Waals surface area contributed by atoms with Crippen molar-refractivity contribution in [1.29, 1.82) is 0 Å². The molecule has 1 heterocycles. The van der Waals surface area contributed by atoms with E-state index >= 15 is 0 Å². The van der Waals surface area contributed by atoms with Gasteiger partial charge in [0.05, 0.1) is 12.6 Å². The third-order valence-corrected chi connectivity index (χ3v) is 1.75. The first-order valence-electron chi connectivity index (χ1n) is 3.84. The highest BCUT2D eigenvalue weighted by Gasteiger charge is 2.23. The van der Waals surface area contributed by atoms with Crippen LogP contribution in [0.15, 0.2) is 0 Å². The van der Waals surface area contributed by atoms with Crippen molar-refractivity contribution >= 4 is 18.3 Å². The third kappa shape index (κ3) is 3.38. The van der Waals surface area contributed by atoms with E-state index in [2.05, 4.69) is 10.6 Å². The lowest BCUT2D eigenvalue weighted by atomic mass is 10.1. The summed E-state index contributed by atoms with van der Waals surface area (Å²) in [7, 11) is 1.62. The second-order valence-corrected chi connectivity index (χ2v) is 2.58. The van der Waals surface area contributed by atoms with Crippen LogP contribution >= 0.6 is 12.4 Å². The summed E-state index contributed by atoms with van der Waals surface area (Å²) in [6.45, 7) is 2.15. The van der Waals surface area contributed by atoms with Gasteiger partial charge < -0.3 is 15.4 Å². The zero-order valence-electron chi connectivity index (χ0n) is 7.13. The molecule has 0 saturated carbocycles. The zero-order valence-corrected chi connectivity index (χ0v) is 7.95. The summed E-state index contributed by atoms with van der Waals surface area (Å²) in [6.07, 6.45) is 0.957. The number of rotatable bonds is 4. The average Bonchev–Trinajstić information content (AvgIpc) is 1.84. The molecule has 4 nitrogen and oxygen atoms in total. The predicted octanol–water partition coefficient (Wildman–Crippen LogP) is -0.467. The molecule has 72 valence electrons. The van der Waals surface area contributed by atoms with Gasteiger partial charge in [-0.2, -0.15) is 0 Å². The number of methoxy groups -OCH3 is 1. The van der Waals surface area contributed by atoms with Gasteiger partial charge in [0.1, 0.15) is 0 Å². The maximum absolute atomic E-state index is 11.1. The van der Waals surface area contributed by atoms with Gasteiger partial charge in [0.2, 0.25) is 5.91 Å². The maximum Gasteiger partial charge on any atom is 0.237 e. The van der Waals surface area contributed by atoms with Crippen molar-refractivity contribution in [3.63, 3.8) is 0 Å². The summed E-state index contributed by atoms with van der Waals surface area (Å²) < 4.78 is 4.79. The Morgan fingerprint density at radius 3 is 2.83 bits per heavy atom. The van der Waals surface area contributed by atoms with Crippen LogP contribution in [0.3, 0.4) is 0 Å². The van der Waals surface area contributed by atoms with Crippen molar-refractivity contribution < 1.29 is 9.53 Å². The summed E-state index contributed by atoms with van der Waals surface area (Å²) in [5, 5.41) is 5.78. The van der Waals surface area contributed by atoms with Crippen LogP contribution in [0.1, 0.15) is 6.42 Å². The summed E-state index contributed by atoms with van der Waals surface area (Å²) in [6, 6.07) is 0.0480. The maximum atomic E-state index is 11.1. The molecule has 1 fully saturated rings. The number of carbonyl (C=O) groups excluding carboxylic acids is 1. The SMILES string of the molecule is COCCNC(=O)[C@H]1CCN1.Cl. The first kappa shape index (κ1) is 11.7. The summed E-state index contributed by atoms with van der Waals surface area (Å²) >= 11 is 0. The zero-order chi connectivity index (χ0) is 8.10. The quantitative estimate of drug-likeness (QED) is 0.596. The van der Waals surface area contributed by atoms with Crippen LogP contribution in [0.25, 0.3) is 0 Å². The molecule has 0 aliphatic carbocycles. The minimum absolute atomic E-state index is 0. The summed E-state index contributed by atoms with van der Waals surface area (Å²) in [4.78, 5) is 11.1. The van der Waals surface area contributed by atoms with Crippen LogP contribution in [0.2, 0.25) is 0 Å². The molecular weight excluding hydrogens is 180 g/mol. The summed E-state index contributed by atoms with van der Waals surface area (Å²) in [5.41, 5.74) is 0. The second-order valence-electron chi connectivity index (χ2n) is 2.58. The first-order valence-corrected chi connectivity index (χ1v) is 3.84. The average molecular weight is 195 g/mol. The number of nitrogens with one attached hydrogen (secondary N) is 2. The molecule has 0 aromatic rings. The van der Waals surface area contributed by atoms with Gasteiger partial charge in [0.25, 0.3) is 0 Å². The van der Waals surface area contributed by atoms with E-state index in [0.717, 1.165) is 13.0 Å². The molecule has 0 aromatic heterocycles. The number of carbonyl (C=O) groups is 1. The van der Waals surface area contributed by atoms with Crippen molar-refractivity contribution in [2.45, 2.75) is 12.5 Å². The van der Waals surface area contributed by atoms with E-state index in [9.17, 15) is 4.79 Å². The van der Waals surface area contributed by atoms with E-state index < -0.39 is 0 Å². The van der Waals surface area contributed by atoms with Gasteiger partial charge in [-0.1, -0.05) is 0 Å². The van der Waals surface area contributed by atoms with Crippen LogP contribution in [0, 0.1) is 0 Å². The normalized spacial score (nSPS) is 20.6. The lowest BCUT2D eigenvalue weighted by molar-refractivity contribution is -0.124. The summed E-state index contributed by atoms with van der Waals surface area (Å²) in [5.74, 6) is 0.0910. The molecule has 0 radical (unpaired) electrons. The van der Waals surface area contributed by atoms with Gasteiger partial charge in [0.15, 0.2) is 0 Å². The largest absolute Gasteiger partial charge is 0.383 e. The Balaban J connectivity index is 0.00000121. The molecule has 1 saturated heterocycles. The van der Waals surface area contributed by atoms with Crippen LogP contribution in [0.4, 0.5) is 0 Å². The molecule has 1 aliphatic rings. The van der Waals surface area contributed by atoms with Crippen molar-refractivity contribution in [1.82, 2.24) is 10.6 Å². The highest BCUT2D eigenvalue weighted by Crippen LogP contribution is 2.00. The van der Waals surface area contributed by atoms with E-state index in [4.69, 9.17) is 4.74 Å². The molecule has 1 aliphatic heterocycles. The molecule has 5 heteroatoms. The lowest BCUT2D eigenvalue weighted by Gasteiger charge is -2.26. The van der Waals surface area contributed by atoms with E-state index in [1.54, 1.807) is 7.11 Å². The molecule has 0 spiro atoms. The van der Waals surface area contributed by atoms with Gasteiger partial charge in [-0.25, -0.2) is 0 Å². The third-order valence-electron chi connectivity index (χ3n) is 1.75. The smallest absolute Gasteiger partial charge is 0.237 e. The number of hydrogen-bond donors (Lipinski definition) is 2. The number of halogens is 1. The van der Waals surface area contributed by atoms with Crippen molar-refractivity contribution in [3.8, 4) is 0 Å². The van der Waals surface area contributed by atoms with E-state index in [0.29, 0.717) is 13.2 Å². The van der Waals surface area contributed by atoms with Crippen molar-refractivity contribution in [2.75, 3.05) is 26.8 Å².